The Morgan fingerprint density at radius 1 is 1.04 bits per heavy atom. The number of hydrogen-bond acceptors (Lipinski definition) is 3. The van der Waals surface area contributed by atoms with Gasteiger partial charge in [-0.1, -0.05) is 24.3 Å². The van der Waals surface area contributed by atoms with Gasteiger partial charge in [0.1, 0.15) is 0 Å². The Labute approximate surface area is 155 Å². The quantitative estimate of drug-likeness (QED) is 0.846. The van der Waals surface area contributed by atoms with Gasteiger partial charge in [-0.25, -0.2) is 0 Å². The van der Waals surface area contributed by atoms with Crippen LogP contribution in [-0.4, -0.2) is 35.4 Å². The van der Waals surface area contributed by atoms with Crippen LogP contribution in [0.1, 0.15) is 36.9 Å². The van der Waals surface area contributed by atoms with Gasteiger partial charge in [-0.05, 0) is 62.9 Å². The summed E-state index contributed by atoms with van der Waals surface area (Å²) in [6, 6.07) is 14.4. The number of rotatable bonds is 3. The topological polar surface area (TPSA) is 36.4 Å². The minimum Gasteiger partial charge on any atom is -0.312 e. The minimum absolute atomic E-state index is 0.225. The maximum atomic E-state index is 13.4. The zero-order valence-corrected chi connectivity index (χ0v) is 15.5. The Hall–Kier alpha value is -2.20. The lowest BCUT2D eigenvalue weighted by atomic mass is 9.72. The molecule has 1 atom stereocenters. The lowest BCUT2D eigenvalue weighted by Crippen LogP contribution is -2.56. The van der Waals surface area contributed by atoms with Crippen molar-refractivity contribution in [2.45, 2.75) is 39.2 Å². The van der Waals surface area contributed by atoms with E-state index in [2.05, 4.69) is 28.9 Å². The van der Waals surface area contributed by atoms with E-state index in [9.17, 15) is 4.79 Å². The number of amides is 1. The first-order valence-electron chi connectivity index (χ1n) is 9.67. The number of nitrogens with zero attached hydrogens (tertiary/aromatic N) is 3. The van der Waals surface area contributed by atoms with Crippen LogP contribution < -0.4 is 4.90 Å². The molecule has 2 saturated heterocycles. The molecule has 1 spiro atoms. The number of likely N-dealkylation sites (tertiary alicyclic amines) is 1. The van der Waals surface area contributed by atoms with Crippen molar-refractivity contribution in [1.29, 1.82) is 0 Å². The number of anilines is 1. The number of benzene rings is 1. The zero-order valence-electron chi connectivity index (χ0n) is 15.5. The molecule has 136 valence electrons. The average molecular weight is 349 g/mol. The Bertz CT molecular complexity index is 755. The van der Waals surface area contributed by atoms with Crippen LogP contribution in [0.4, 0.5) is 5.69 Å². The summed E-state index contributed by atoms with van der Waals surface area (Å²) in [7, 11) is 0. The van der Waals surface area contributed by atoms with Gasteiger partial charge in [-0.3, -0.25) is 14.7 Å². The maximum Gasteiger partial charge on any atom is 0.234 e. The molecule has 4 rings (SSSR count). The highest BCUT2D eigenvalue weighted by molar-refractivity contribution is 5.98. The molecule has 1 aromatic heterocycles. The summed E-state index contributed by atoms with van der Waals surface area (Å²) in [6.07, 6.45) is 6.11. The molecule has 2 aliphatic heterocycles. The molecule has 2 aromatic rings. The van der Waals surface area contributed by atoms with Gasteiger partial charge in [0.15, 0.2) is 0 Å². The smallest absolute Gasteiger partial charge is 0.234 e. The molecule has 26 heavy (non-hydrogen) atoms. The van der Waals surface area contributed by atoms with E-state index < -0.39 is 0 Å². The van der Waals surface area contributed by atoms with Crippen LogP contribution in [0.2, 0.25) is 0 Å². The Kier molecular flexibility index (Phi) is 4.77. The second-order valence-electron chi connectivity index (χ2n) is 7.82. The van der Waals surface area contributed by atoms with E-state index in [4.69, 9.17) is 0 Å². The van der Waals surface area contributed by atoms with Gasteiger partial charge in [0.25, 0.3) is 0 Å². The van der Waals surface area contributed by atoms with E-state index in [0.717, 1.165) is 63.2 Å². The number of pyridine rings is 1. The lowest BCUT2D eigenvalue weighted by molar-refractivity contribution is -0.134. The van der Waals surface area contributed by atoms with E-state index in [1.54, 1.807) is 0 Å². The molecule has 4 nitrogen and oxygen atoms in total. The SMILES string of the molecule is Cc1ccc(CN2CCCC3(CCCN(c4ccccc4)C3=O)C2)nc1. The highest BCUT2D eigenvalue weighted by atomic mass is 16.2. The van der Waals surface area contributed by atoms with Crippen molar-refractivity contribution < 1.29 is 4.79 Å². The summed E-state index contributed by atoms with van der Waals surface area (Å²) in [6.45, 7) is 5.64. The highest BCUT2D eigenvalue weighted by Gasteiger charge is 2.46. The molecule has 4 heteroatoms. The standard InChI is InChI=1S/C22H27N3O/c1-18-9-10-19(23-15-18)16-24-13-5-11-22(17-24)12-6-14-25(21(22)26)20-7-3-2-4-8-20/h2-4,7-10,15H,5-6,11-14,16-17H2,1H3. The first-order valence-corrected chi connectivity index (χ1v) is 9.67. The summed E-state index contributed by atoms with van der Waals surface area (Å²) in [5.74, 6) is 0.316. The Morgan fingerprint density at radius 2 is 1.81 bits per heavy atom. The fraction of sp³-hybridized carbons (Fsp3) is 0.455. The third-order valence-electron chi connectivity index (χ3n) is 5.82. The molecule has 2 fully saturated rings. The zero-order chi connectivity index (χ0) is 18.0. The monoisotopic (exact) mass is 349 g/mol. The Morgan fingerprint density at radius 3 is 2.54 bits per heavy atom. The van der Waals surface area contributed by atoms with Crippen LogP contribution in [0.15, 0.2) is 48.7 Å². The molecule has 3 heterocycles. The van der Waals surface area contributed by atoms with Gasteiger partial charge < -0.3 is 4.90 Å². The first-order chi connectivity index (χ1) is 12.7. The molecule has 0 radical (unpaired) electrons. The molecule has 0 bridgehead atoms. The fourth-order valence-electron chi connectivity index (χ4n) is 4.49. The van der Waals surface area contributed by atoms with Crippen LogP contribution in [0.3, 0.4) is 0 Å². The average Bonchev–Trinajstić information content (AvgIpc) is 2.67. The number of aromatic nitrogens is 1. The summed E-state index contributed by atoms with van der Waals surface area (Å²) in [5.41, 5.74) is 3.09. The van der Waals surface area contributed by atoms with Gasteiger partial charge in [-0.15, -0.1) is 0 Å². The number of hydrogen-bond donors (Lipinski definition) is 0. The van der Waals surface area contributed by atoms with E-state index in [-0.39, 0.29) is 5.41 Å². The summed E-state index contributed by atoms with van der Waals surface area (Å²) < 4.78 is 0. The molecule has 1 unspecified atom stereocenters. The van der Waals surface area contributed by atoms with Crippen LogP contribution >= 0.6 is 0 Å². The van der Waals surface area contributed by atoms with Crippen molar-refractivity contribution in [3.63, 3.8) is 0 Å². The van der Waals surface area contributed by atoms with Crippen molar-refractivity contribution in [3.05, 3.63) is 59.9 Å². The third kappa shape index (κ3) is 3.38. The van der Waals surface area contributed by atoms with Crippen molar-refractivity contribution in [2.75, 3.05) is 24.5 Å². The predicted octanol–water partition coefficient (Wildman–Crippen LogP) is 3.80. The number of piperidine rings is 2. The number of carbonyl (C=O) groups is 1. The van der Waals surface area contributed by atoms with Crippen LogP contribution in [0, 0.1) is 12.3 Å². The van der Waals surface area contributed by atoms with E-state index in [1.165, 1.54) is 5.56 Å². The number of para-hydroxylation sites is 1. The largest absolute Gasteiger partial charge is 0.312 e. The molecule has 0 N–H and O–H groups in total. The fourth-order valence-corrected chi connectivity index (χ4v) is 4.49. The molecular formula is C22H27N3O. The van der Waals surface area contributed by atoms with Crippen molar-refractivity contribution in [2.24, 2.45) is 5.41 Å². The molecule has 1 aromatic carbocycles. The van der Waals surface area contributed by atoms with Crippen molar-refractivity contribution >= 4 is 11.6 Å². The molecule has 2 aliphatic rings. The summed E-state index contributed by atoms with van der Waals surface area (Å²) in [5, 5.41) is 0. The lowest BCUT2D eigenvalue weighted by Gasteiger charge is -2.47. The second kappa shape index (κ2) is 7.20. The first kappa shape index (κ1) is 17.2. The molecule has 1 amide bonds. The predicted molar refractivity (Wildman–Crippen MR) is 104 cm³/mol. The van der Waals surface area contributed by atoms with Crippen molar-refractivity contribution in [3.8, 4) is 0 Å². The third-order valence-corrected chi connectivity index (χ3v) is 5.82. The molecule has 0 aliphatic carbocycles. The van der Waals surface area contributed by atoms with E-state index >= 15 is 0 Å². The number of aryl methyl sites for hydroxylation is 1. The number of carbonyl (C=O) groups excluding carboxylic acids is 1. The second-order valence-corrected chi connectivity index (χ2v) is 7.82. The van der Waals surface area contributed by atoms with E-state index in [1.807, 2.05) is 41.4 Å². The van der Waals surface area contributed by atoms with Crippen molar-refractivity contribution in [1.82, 2.24) is 9.88 Å². The van der Waals surface area contributed by atoms with Gasteiger partial charge >= 0.3 is 0 Å². The van der Waals surface area contributed by atoms with Gasteiger partial charge in [0.05, 0.1) is 11.1 Å². The summed E-state index contributed by atoms with van der Waals surface area (Å²) in [4.78, 5) is 22.4. The minimum atomic E-state index is -0.225. The maximum absolute atomic E-state index is 13.4. The van der Waals surface area contributed by atoms with Gasteiger partial charge in [-0.2, -0.15) is 0 Å². The summed E-state index contributed by atoms with van der Waals surface area (Å²) >= 11 is 0. The van der Waals surface area contributed by atoms with Crippen LogP contribution in [-0.2, 0) is 11.3 Å². The Balaban J connectivity index is 1.51. The molecular weight excluding hydrogens is 322 g/mol. The van der Waals surface area contributed by atoms with Gasteiger partial charge in [0, 0.05) is 31.5 Å². The molecule has 0 saturated carbocycles. The van der Waals surface area contributed by atoms with Gasteiger partial charge in [0.2, 0.25) is 5.91 Å². The highest BCUT2D eigenvalue weighted by Crippen LogP contribution is 2.41. The van der Waals surface area contributed by atoms with Crippen LogP contribution in [0.5, 0.6) is 0 Å². The van der Waals surface area contributed by atoms with E-state index in [0.29, 0.717) is 5.91 Å². The normalized spacial score (nSPS) is 24.2. The van der Waals surface area contributed by atoms with Crippen LogP contribution in [0.25, 0.3) is 0 Å².